The molecule has 0 saturated carbocycles. The third-order valence-electron chi connectivity index (χ3n) is 4.22. The van der Waals surface area contributed by atoms with Gasteiger partial charge in [-0.3, -0.25) is 0 Å². The molecule has 0 aromatic heterocycles. The summed E-state index contributed by atoms with van der Waals surface area (Å²) < 4.78 is 36.2. The molecule has 1 rings (SSSR count). The van der Waals surface area contributed by atoms with Crippen molar-refractivity contribution in [1.82, 2.24) is 4.72 Å². The van der Waals surface area contributed by atoms with E-state index in [-0.39, 0.29) is 12.2 Å². The van der Waals surface area contributed by atoms with Crippen LogP contribution in [0.1, 0.15) is 20.3 Å². The first-order valence-electron chi connectivity index (χ1n) is 8.36. The summed E-state index contributed by atoms with van der Waals surface area (Å²) in [5.41, 5.74) is 0. The molecule has 0 aromatic rings. The highest BCUT2D eigenvalue weighted by molar-refractivity contribution is 7.89. The maximum Gasteiger partial charge on any atom is 0.211 e. The molecule has 0 spiro atoms. The monoisotopic (exact) mass is 403 g/mol. The lowest BCUT2D eigenvalue weighted by Gasteiger charge is -2.40. The normalized spacial score (nSPS) is 33.6. The number of rotatable bonds is 10. The molecule has 8 atom stereocenters. The first kappa shape index (κ1) is 23.6. The third-order valence-corrected chi connectivity index (χ3v) is 5.65. The highest BCUT2D eigenvalue weighted by atomic mass is 32.2. The summed E-state index contributed by atoms with van der Waals surface area (Å²) in [4.78, 5) is 0. The Kier molecular flexibility index (Phi) is 9.29. The van der Waals surface area contributed by atoms with Crippen molar-refractivity contribution in [3.63, 3.8) is 0 Å². The van der Waals surface area contributed by atoms with Crippen LogP contribution in [0.5, 0.6) is 0 Å². The van der Waals surface area contributed by atoms with Gasteiger partial charge < -0.3 is 40.1 Å². The van der Waals surface area contributed by atoms with Gasteiger partial charge in [0.25, 0.3) is 0 Å². The first-order valence-corrected chi connectivity index (χ1v) is 10.0. The topological polar surface area (TPSA) is 186 Å². The van der Waals surface area contributed by atoms with E-state index in [9.17, 15) is 34.0 Å². The molecule has 0 aliphatic carbocycles. The van der Waals surface area contributed by atoms with Crippen LogP contribution in [0.15, 0.2) is 0 Å². The van der Waals surface area contributed by atoms with Gasteiger partial charge in [-0.2, -0.15) is 0 Å². The maximum atomic E-state index is 11.8. The molecular weight excluding hydrogens is 374 g/mol. The van der Waals surface area contributed by atoms with Crippen LogP contribution in [0, 0.1) is 0 Å². The Morgan fingerprint density at radius 1 is 1.12 bits per heavy atom. The Bertz CT molecular complexity index is 516. The van der Waals surface area contributed by atoms with Crippen LogP contribution in [0.4, 0.5) is 0 Å². The molecule has 26 heavy (non-hydrogen) atoms. The number of hydrogen-bond acceptors (Lipinski definition) is 10. The molecule has 1 aliphatic rings. The number of ether oxygens (including phenoxy) is 2. The maximum absolute atomic E-state index is 11.8. The Balaban J connectivity index is 2.84. The van der Waals surface area contributed by atoms with Gasteiger partial charge in [0.05, 0.1) is 37.2 Å². The molecule has 7 N–H and O–H groups in total. The van der Waals surface area contributed by atoms with Crippen LogP contribution >= 0.6 is 0 Å². The highest BCUT2D eigenvalue weighted by Gasteiger charge is 2.44. The van der Waals surface area contributed by atoms with Crippen LogP contribution in [0.2, 0.25) is 0 Å². The lowest BCUT2D eigenvalue weighted by atomic mass is 9.99. The molecule has 0 amide bonds. The van der Waals surface area contributed by atoms with Gasteiger partial charge >= 0.3 is 0 Å². The van der Waals surface area contributed by atoms with E-state index in [1.807, 2.05) is 0 Å². The quantitative estimate of drug-likeness (QED) is 0.191. The average Bonchev–Trinajstić information content (AvgIpc) is 2.63. The predicted molar refractivity (Wildman–Crippen MR) is 88.4 cm³/mol. The van der Waals surface area contributed by atoms with Gasteiger partial charge in [-0.25, -0.2) is 13.1 Å². The van der Waals surface area contributed by atoms with E-state index in [2.05, 4.69) is 4.72 Å². The minimum atomic E-state index is -3.74. The van der Waals surface area contributed by atoms with Gasteiger partial charge in [0.15, 0.2) is 6.29 Å². The predicted octanol–water partition coefficient (Wildman–Crippen LogP) is -3.76. The molecule has 0 aromatic carbocycles. The number of aliphatic hydroxyl groups excluding tert-OH is 6. The van der Waals surface area contributed by atoms with Crippen molar-refractivity contribution in [2.75, 3.05) is 19.0 Å². The fraction of sp³-hybridized carbons (Fsp3) is 1.00. The fourth-order valence-corrected chi connectivity index (χ4v) is 3.26. The summed E-state index contributed by atoms with van der Waals surface area (Å²) in [5, 5.41) is 58.4. The van der Waals surface area contributed by atoms with Crippen molar-refractivity contribution in [2.24, 2.45) is 0 Å². The summed E-state index contributed by atoms with van der Waals surface area (Å²) in [6, 6.07) is -1.25. The van der Waals surface area contributed by atoms with E-state index in [4.69, 9.17) is 14.6 Å². The summed E-state index contributed by atoms with van der Waals surface area (Å²) in [6.07, 6.45) is -10.1. The summed E-state index contributed by atoms with van der Waals surface area (Å²) in [6.45, 7) is 1.84. The standard InChI is InChI=1S/C14H29NO10S/c1-3-8(17)10(18)7(15-26(22,23)4-2)6-24-14-13(21)12(20)11(19)9(5-16)25-14/h7-21H,3-6H2,1-2H3/t7-,8+,9?,10-,11-,12?,13?,14-/m0/s1. The van der Waals surface area contributed by atoms with E-state index in [1.54, 1.807) is 6.92 Å². The molecule has 1 fully saturated rings. The van der Waals surface area contributed by atoms with Crippen molar-refractivity contribution < 1.29 is 48.5 Å². The molecule has 156 valence electrons. The lowest BCUT2D eigenvalue weighted by molar-refractivity contribution is -0.303. The van der Waals surface area contributed by atoms with Gasteiger partial charge in [0.2, 0.25) is 10.0 Å². The molecule has 0 bridgehead atoms. The van der Waals surface area contributed by atoms with Crippen LogP contribution in [0.3, 0.4) is 0 Å². The number of aliphatic hydroxyl groups is 6. The Morgan fingerprint density at radius 2 is 1.73 bits per heavy atom. The van der Waals surface area contributed by atoms with Crippen LogP contribution in [-0.4, -0.2) is 107 Å². The molecule has 11 nitrogen and oxygen atoms in total. The fourth-order valence-electron chi connectivity index (χ4n) is 2.43. The Hall–Kier alpha value is -0.410. The molecule has 12 heteroatoms. The molecular formula is C14H29NO10S. The zero-order valence-corrected chi connectivity index (χ0v) is 15.5. The highest BCUT2D eigenvalue weighted by Crippen LogP contribution is 2.22. The molecule has 1 heterocycles. The van der Waals surface area contributed by atoms with Crippen molar-refractivity contribution in [3.05, 3.63) is 0 Å². The molecule has 1 saturated heterocycles. The second-order valence-corrected chi connectivity index (χ2v) is 8.17. The van der Waals surface area contributed by atoms with Crippen LogP contribution < -0.4 is 4.72 Å². The van der Waals surface area contributed by atoms with Crippen molar-refractivity contribution in [2.45, 2.75) is 69.2 Å². The first-order chi connectivity index (χ1) is 12.1. The summed E-state index contributed by atoms with van der Waals surface area (Å²) in [5.74, 6) is -0.265. The number of nitrogens with one attached hydrogen (secondary N) is 1. The second-order valence-electron chi connectivity index (χ2n) is 6.12. The summed E-state index contributed by atoms with van der Waals surface area (Å²) in [7, 11) is -3.74. The second kappa shape index (κ2) is 10.2. The zero-order chi connectivity index (χ0) is 20.1. The van der Waals surface area contributed by atoms with Crippen molar-refractivity contribution in [1.29, 1.82) is 0 Å². The van der Waals surface area contributed by atoms with Gasteiger partial charge in [0.1, 0.15) is 24.4 Å². The molecule has 3 unspecified atom stereocenters. The van der Waals surface area contributed by atoms with Gasteiger partial charge in [-0.15, -0.1) is 0 Å². The SMILES string of the molecule is CC[C@@H](O)[C@@H](O)[C@H](CO[C@H]1OC(CO)[C@H](O)C(O)C1O)NS(=O)(=O)CC. The largest absolute Gasteiger partial charge is 0.394 e. The van der Waals surface area contributed by atoms with Crippen molar-refractivity contribution >= 4 is 10.0 Å². The minimum absolute atomic E-state index is 0.158. The van der Waals surface area contributed by atoms with Gasteiger partial charge in [-0.1, -0.05) is 6.92 Å². The average molecular weight is 403 g/mol. The van der Waals surface area contributed by atoms with Crippen LogP contribution in [-0.2, 0) is 19.5 Å². The Labute approximate surface area is 152 Å². The number of hydrogen-bond donors (Lipinski definition) is 7. The molecule has 0 radical (unpaired) electrons. The third kappa shape index (κ3) is 6.05. The van der Waals surface area contributed by atoms with E-state index >= 15 is 0 Å². The number of sulfonamides is 1. The van der Waals surface area contributed by atoms with E-state index in [0.29, 0.717) is 0 Å². The van der Waals surface area contributed by atoms with E-state index < -0.39 is 72.2 Å². The smallest absolute Gasteiger partial charge is 0.211 e. The van der Waals surface area contributed by atoms with Crippen LogP contribution in [0.25, 0.3) is 0 Å². The van der Waals surface area contributed by atoms with Crippen molar-refractivity contribution in [3.8, 4) is 0 Å². The van der Waals surface area contributed by atoms with E-state index in [0.717, 1.165) is 0 Å². The zero-order valence-electron chi connectivity index (χ0n) is 14.7. The lowest BCUT2D eigenvalue weighted by Crippen LogP contribution is -2.60. The Morgan fingerprint density at radius 3 is 2.23 bits per heavy atom. The molecule has 1 aliphatic heterocycles. The van der Waals surface area contributed by atoms with E-state index in [1.165, 1.54) is 6.92 Å². The van der Waals surface area contributed by atoms with Gasteiger partial charge in [0, 0.05) is 0 Å². The summed E-state index contributed by atoms with van der Waals surface area (Å²) >= 11 is 0. The van der Waals surface area contributed by atoms with Gasteiger partial charge in [-0.05, 0) is 13.3 Å². The minimum Gasteiger partial charge on any atom is -0.394 e.